The van der Waals surface area contributed by atoms with E-state index in [0.29, 0.717) is 0 Å². The predicted molar refractivity (Wildman–Crippen MR) is 245 cm³/mol. The smallest absolute Gasteiger partial charge is 0.0468 e. The summed E-state index contributed by atoms with van der Waals surface area (Å²) in [5.41, 5.74) is 15.7. The van der Waals surface area contributed by atoms with Gasteiger partial charge in [-0.25, -0.2) is 0 Å². The standard InChI is InChI=1S/C56H41N/c1-38-15-13-21-48(31-38)57(49-22-14-16-39(2)32-49)50-30-29-42-33-44(28-27-43(42)37-50)55-51-23-9-11-25-53(51)56(54-26-12-10-24-52(54)55)47-35-45(40-17-5-3-6-18-40)34-46(36-47)41-19-7-4-8-20-41/h3-37H,1-2H3. The second kappa shape index (κ2) is 14.5. The van der Waals surface area contributed by atoms with Gasteiger partial charge in [0, 0.05) is 17.1 Å². The lowest BCUT2D eigenvalue weighted by Crippen LogP contribution is -2.10. The second-order valence-corrected chi connectivity index (χ2v) is 15.1. The lowest BCUT2D eigenvalue weighted by Gasteiger charge is -2.26. The Balaban J connectivity index is 1.15. The third kappa shape index (κ3) is 6.44. The van der Waals surface area contributed by atoms with Crippen LogP contribution >= 0.6 is 0 Å². The highest BCUT2D eigenvalue weighted by molar-refractivity contribution is 6.22. The van der Waals surface area contributed by atoms with Gasteiger partial charge in [0.25, 0.3) is 0 Å². The summed E-state index contributed by atoms with van der Waals surface area (Å²) in [5, 5.41) is 7.41. The van der Waals surface area contributed by atoms with Gasteiger partial charge in [0.1, 0.15) is 0 Å². The van der Waals surface area contributed by atoms with Crippen molar-refractivity contribution in [2.24, 2.45) is 0 Å². The van der Waals surface area contributed by atoms with E-state index < -0.39 is 0 Å². The van der Waals surface area contributed by atoms with Gasteiger partial charge in [0.05, 0.1) is 0 Å². The van der Waals surface area contributed by atoms with Crippen molar-refractivity contribution in [2.45, 2.75) is 13.8 Å². The number of nitrogens with zero attached hydrogens (tertiary/aromatic N) is 1. The summed E-state index contributed by atoms with van der Waals surface area (Å²) in [6.07, 6.45) is 0. The van der Waals surface area contributed by atoms with E-state index in [4.69, 9.17) is 0 Å². The molecule has 0 amide bonds. The van der Waals surface area contributed by atoms with Gasteiger partial charge < -0.3 is 4.90 Å². The lowest BCUT2D eigenvalue weighted by atomic mass is 9.84. The van der Waals surface area contributed by atoms with E-state index in [-0.39, 0.29) is 0 Å². The fourth-order valence-electron chi connectivity index (χ4n) is 8.63. The van der Waals surface area contributed by atoms with Gasteiger partial charge in [0.2, 0.25) is 0 Å². The molecule has 0 unspecified atom stereocenters. The number of anilines is 3. The fourth-order valence-corrected chi connectivity index (χ4v) is 8.63. The minimum atomic E-state index is 1.14. The molecule has 0 aliphatic rings. The summed E-state index contributed by atoms with van der Waals surface area (Å²) in [7, 11) is 0. The molecule has 10 aromatic rings. The van der Waals surface area contributed by atoms with Crippen molar-refractivity contribution in [3.8, 4) is 44.5 Å². The molecule has 0 aromatic heterocycles. The van der Waals surface area contributed by atoms with Crippen molar-refractivity contribution < 1.29 is 0 Å². The summed E-state index contributed by atoms with van der Waals surface area (Å²) < 4.78 is 0. The van der Waals surface area contributed by atoms with Crippen molar-refractivity contribution in [1.29, 1.82) is 0 Å². The van der Waals surface area contributed by atoms with Crippen molar-refractivity contribution in [2.75, 3.05) is 4.90 Å². The molecular weight excluding hydrogens is 687 g/mol. The maximum Gasteiger partial charge on any atom is 0.0468 e. The molecule has 0 aliphatic carbocycles. The molecular formula is C56H41N. The Hall–Kier alpha value is -7.22. The Labute approximate surface area is 334 Å². The van der Waals surface area contributed by atoms with E-state index in [1.54, 1.807) is 0 Å². The van der Waals surface area contributed by atoms with E-state index in [2.05, 4.69) is 231 Å². The fraction of sp³-hybridized carbons (Fsp3) is 0.0357. The van der Waals surface area contributed by atoms with Crippen LogP contribution in [0.25, 0.3) is 76.8 Å². The minimum Gasteiger partial charge on any atom is -0.310 e. The maximum absolute atomic E-state index is 2.38. The quantitative estimate of drug-likeness (QED) is 0.148. The van der Waals surface area contributed by atoms with Crippen LogP contribution < -0.4 is 4.90 Å². The molecule has 57 heavy (non-hydrogen) atoms. The molecule has 0 aliphatic heterocycles. The normalized spacial score (nSPS) is 11.3. The molecule has 0 saturated carbocycles. The molecule has 0 radical (unpaired) electrons. The van der Waals surface area contributed by atoms with Gasteiger partial charge in [0.15, 0.2) is 0 Å². The topological polar surface area (TPSA) is 3.24 Å². The van der Waals surface area contributed by atoms with E-state index in [1.165, 1.54) is 88.0 Å². The third-order valence-corrected chi connectivity index (χ3v) is 11.3. The molecule has 0 spiro atoms. The predicted octanol–water partition coefficient (Wildman–Crippen LogP) is 15.9. The lowest BCUT2D eigenvalue weighted by molar-refractivity contribution is 1.26. The average molecular weight is 728 g/mol. The largest absolute Gasteiger partial charge is 0.310 e. The van der Waals surface area contributed by atoms with Crippen LogP contribution in [0.5, 0.6) is 0 Å². The van der Waals surface area contributed by atoms with Gasteiger partial charge >= 0.3 is 0 Å². The molecule has 0 N–H and O–H groups in total. The first-order valence-corrected chi connectivity index (χ1v) is 19.7. The van der Waals surface area contributed by atoms with Gasteiger partial charge in [-0.3, -0.25) is 0 Å². The van der Waals surface area contributed by atoms with Crippen LogP contribution in [-0.2, 0) is 0 Å². The molecule has 0 heterocycles. The van der Waals surface area contributed by atoms with Gasteiger partial charge in [-0.05, 0) is 162 Å². The monoisotopic (exact) mass is 727 g/mol. The van der Waals surface area contributed by atoms with Gasteiger partial charge in [-0.15, -0.1) is 0 Å². The first-order chi connectivity index (χ1) is 28.1. The number of aryl methyl sites for hydroxylation is 2. The number of rotatable bonds is 7. The molecule has 0 fully saturated rings. The zero-order valence-electron chi connectivity index (χ0n) is 32.2. The number of fused-ring (bicyclic) bond motifs is 3. The first-order valence-electron chi connectivity index (χ1n) is 19.7. The molecule has 0 saturated heterocycles. The average Bonchev–Trinajstić information content (AvgIpc) is 3.26. The van der Waals surface area contributed by atoms with Crippen LogP contribution in [0.15, 0.2) is 212 Å². The maximum atomic E-state index is 2.38. The summed E-state index contributed by atoms with van der Waals surface area (Å²) in [5.74, 6) is 0. The summed E-state index contributed by atoms with van der Waals surface area (Å²) in [6, 6.07) is 77.9. The highest BCUT2D eigenvalue weighted by Crippen LogP contribution is 2.46. The molecule has 0 bridgehead atoms. The van der Waals surface area contributed by atoms with Crippen LogP contribution in [0.1, 0.15) is 11.1 Å². The molecule has 10 rings (SSSR count). The summed E-state index contributed by atoms with van der Waals surface area (Å²) >= 11 is 0. The van der Waals surface area contributed by atoms with Gasteiger partial charge in [-0.1, -0.05) is 152 Å². The zero-order chi connectivity index (χ0) is 38.3. The van der Waals surface area contributed by atoms with Crippen molar-refractivity contribution >= 4 is 49.4 Å². The number of benzene rings is 10. The molecule has 270 valence electrons. The highest BCUT2D eigenvalue weighted by Gasteiger charge is 2.19. The van der Waals surface area contributed by atoms with Crippen LogP contribution in [-0.4, -0.2) is 0 Å². The minimum absolute atomic E-state index is 1.14. The van der Waals surface area contributed by atoms with E-state index in [9.17, 15) is 0 Å². The van der Waals surface area contributed by atoms with Crippen LogP contribution in [0.2, 0.25) is 0 Å². The summed E-state index contributed by atoms with van der Waals surface area (Å²) in [6.45, 7) is 4.31. The Morgan fingerprint density at radius 3 is 1.19 bits per heavy atom. The second-order valence-electron chi connectivity index (χ2n) is 15.1. The Morgan fingerprint density at radius 1 is 0.263 bits per heavy atom. The highest BCUT2D eigenvalue weighted by atomic mass is 15.1. The molecule has 1 heteroatoms. The van der Waals surface area contributed by atoms with Crippen LogP contribution in [0, 0.1) is 13.8 Å². The van der Waals surface area contributed by atoms with E-state index >= 15 is 0 Å². The Morgan fingerprint density at radius 2 is 0.684 bits per heavy atom. The molecule has 10 aromatic carbocycles. The summed E-state index contributed by atoms with van der Waals surface area (Å²) in [4.78, 5) is 2.36. The first kappa shape index (κ1) is 34.3. The number of hydrogen-bond donors (Lipinski definition) is 0. The van der Waals surface area contributed by atoms with Gasteiger partial charge in [-0.2, -0.15) is 0 Å². The van der Waals surface area contributed by atoms with Crippen molar-refractivity contribution in [3.05, 3.63) is 223 Å². The van der Waals surface area contributed by atoms with E-state index in [0.717, 1.165) is 17.1 Å². The van der Waals surface area contributed by atoms with E-state index in [1.807, 2.05) is 0 Å². The number of hydrogen-bond acceptors (Lipinski definition) is 1. The SMILES string of the molecule is Cc1cccc(N(c2cccc(C)c2)c2ccc3cc(-c4c5ccccc5c(-c5cc(-c6ccccc6)cc(-c6ccccc6)c5)c5ccccc45)ccc3c2)c1. The Bertz CT molecular complexity index is 2930. The van der Waals surface area contributed by atoms with Crippen molar-refractivity contribution in [3.63, 3.8) is 0 Å². The molecule has 0 atom stereocenters. The Kier molecular flexibility index (Phi) is 8.69. The van der Waals surface area contributed by atoms with Crippen molar-refractivity contribution in [1.82, 2.24) is 0 Å². The molecule has 1 nitrogen and oxygen atoms in total. The third-order valence-electron chi connectivity index (χ3n) is 11.3. The zero-order valence-corrected chi connectivity index (χ0v) is 32.2. The van der Waals surface area contributed by atoms with Crippen LogP contribution in [0.3, 0.4) is 0 Å². The van der Waals surface area contributed by atoms with Crippen LogP contribution in [0.4, 0.5) is 17.1 Å².